The Morgan fingerprint density at radius 1 is 1.19 bits per heavy atom. The SMILES string of the molecule is CC1CCN(c2cnc3c(ccn3Cc3ccc(C(N)=O)cc3)c2)CC1. The number of aromatic nitrogens is 2. The van der Waals surface area contributed by atoms with E-state index in [-0.39, 0.29) is 0 Å². The first kappa shape index (κ1) is 16.6. The van der Waals surface area contributed by atoms with E-state index in [1.165, 1.54) is 18.5 Å². The van der Waals surface area contributed by atoms with Crippen molar-refractivity contribution in [3.05, 3.63) is 59.9 Å². The number of fused-ring (bicyclic) bond motifs is 1. The van der Waals surface area contributed by atoms with Crippen LogP contribution in [0, 0.1) is 5.92 Å². The lowest BCUT2D eigenvalue weighted by Gasteiger charge is -2.31. The maximum atomic E-state index is 11.2. The molecule has 2 N–H and O–H groups in total. The average molecular weight is 348 g/mol. The minimum absolute atomic E-state index is 0.399. The average Bonchev–Trinajstić information content (AvgIpc) is 3.05. The van der Waals surface area contributed by atoms with E-state index < -0.39 is 5.91 Å². The minimum Gasteiger partial charge on any atom is -0.370 e. The number of carbonyl (C=O) groups excluding carboxylic acids is 1. The van der Waals surface area contributed by atoms with E-state index >= 15 is 0 Å². The second kappa shape index (κ2) is 6.83. The predicted octanol–water partition coefficient (Wildman–Crippen LogP) is 3.42. The van der Waals surface area contributed by atoms with Crippen LogP contribution in [0.2, 0.25) is 0 Å². The van der Waals surface area contributed by atoms with Gasteiger partial charge in [-0.15, -0.1) is 0 Å². The van der Waals surface area contributed by atoms with Crippen molar-refractivity contribution in [2.24, 2.45) is 11.7 Å². The molecule has 4 rings (SSSR count). The molecule has 0 bridgehead atoms. The fourth-order valence-electron chi connectivity index (χ4n) is 3.60. The van der Waals surface area contributed by atoms with E-state index in [4.69, 9.17) is 10.7 Å². The largest absolute Gasteiger partial charge is 0.370 e. The van der Waals surface area contributed by atoms with Gasteiger partial charge in [0, 0.05) is 36.8 Å². The quantitative estimate of drug-likeness (QED) is 0.786. The number of amides is 1. The van der Waals surface area contributed by atoms with E-state index in [1.54, 1.807) is 12.1 Å². The van der Waals surface area contributed by atoms with Crippen LogP contribution in [0.5, 0.6) is 0 Å². The van der Waals surface area contributed by atoms with Crippen LogP contribution in [0.3, 0.4) is 0 Å². The summed E-state index contributed by atoms with van der Waals surface area (Å²) in [5.74, 6) is 0.425. The van der Waals surface area contributed by atoms with Crippen molar-refractivity contribution in [3.8, 4) is 0 Å². The number of pyridine rings is 1. The lowest BCUT2D eigenvalue weighted by atomic mass is 9.99. The second-order valence-corrected chi connectivity index (χ2v) is 7.28. The van der Waals surface area contributed by atoms with E-state index in [0.717, 1.165) is 42.1 Å². The number of rotatable bonds is 4. The lowest BCUT2D eigenvalue weighted by Crippen LogP contribution is -2.32. The molecule has 1 amide bonds. The Bertz CT molecular complexity index is 921. The predicted molar refractivity (Wildman–Crippen MR) is 104 cm³/mol. The number of benzene rings is 1. The molecular formula is C21H24N4O. The molecule has 0 atom stereocenters. The molecule has 3 heterocycles. The Balaban J connectivity index is 1.54. The van der Waals surface area contributed by atoms with Gasteiger partial charge in [-0.1, -0.05) is 19.1 Å². The summed E-state index contributed by atoms with van der Waals surface area (Å²) in [5.41, 5.74) is 9.15. The van der Waals surface area contributed by atoms with Crippen molar-refractivity contribution in [1.82, 2.24) is 9.55 Å². The monoisotopic (exact) mass is 348 g/mol. The molecule has 26 heavy (non-hydrogen) atoms. The third kappa shape index (κ3) is 3.29. The first-order valence-corrected chi connectivity index (χ1v) is 9.19. The summed E-state index contributed by atoms with van der Waals surface area (Å²) < 4.78 is 2.14. The highest BCUT2D eigenvalue weighted by molar-refractivity contribution is 5.92. The topological polar surface area (TPSA) is 64.2 Å². The first-order valence-electron chi connectivity index (χ1n) is 9.19. The van der Waals surface area contributed by atoms with Gasteiger partial charge in [0.2, 0.25) is 5.91 Å². The number of carbonyl (C=O) groups is 1. The van der Waals surface area contributed by atoms with Crippen LogP contribution in [0.4, 0.5) is 5.69 Å². The van der Waals surface area contributed by atoms with Crippen LogP contribution in [0.15, 0.2) is 48.8 Å². The molecule has 0 saturated carbocycles. The standard InChI is InChI=1S/C21H24N4O/c1-15-6-9-24(10-7-15)19-12-18-8-11-25(21(18)23-13-19)14-16-2-4-17(5-3-16)20(22)26/h2-5,8,11-13,15H,6-7,9-10,14H2,1H3,(H2,22,26). The van der Waals surface area contributed by atoms with Gasteiger partial charge in [-0.05, 0) is 48.6 Å². The van der Waals surface area contributed by atoms with Gasteiger partial charge in [-0.3, -0.25) is 4.79 Å². The summed E-state index contributed by atoms with van der Waals surface area (Å²) in [6.45, 7) is 5.27. The molecule has 1 aliphatic rings. The van der Waals surface area contributed by atoms with Gasteiger partial charge in [0.1, 0.15) is 5.65 Å². The Labute approximate surface area is 153 Å². The summed E-state index contributed by atoms with van der Waals surface area (Å²) in [4.78, 5) is 18.3. The Morgan fingerprint density at radius 3 is 2.62 bits per heavy atom. The lowest BCUT2D eigenvalue weighted by molar-refractivity contribution is 0.100. The van der Waals surface area contributed by atoms with Crippen LogP contribution in [-0.4, -0.2) is 28.5 Å². The molecule has 0 radical (unpaired) electrons. The summed E-state index contributed by atoms with van der Waals surface area (Å²) in [6.07, 6.45) is 6.56. The fraction of sp³-hybridized carbons (Fsp3) is 0.333. The summed E-state index contributed by atoms with van der Waals surface area (Å²) in [6, 6.07) is 11.8. The van der Waals surface area contributed by atoms with Gasteiger partial charge in [-0.2, -0.15) is 0 Å². The van der Waals surface area contributed by atoms with Crippen LogP contribution in [0.25, 0.3) is 11.0 Å². The van der Waals surface area contributed by atoms with Gasteiger partial charge in [-0.25, -0.2) is 4.98 Å². The smallest absolute Gasteiger partial charge is 0.248 e. The van der Waals surface area contributed by atoms with Gasteiger partial charge in [0.25, 0.3) is 0 Å². The molecule has 1 fully saturated rings. The Morgan fingerprint density at radius 2 is 1.92 bits per heavy atom. The molecule has 3 aromatic rings. The molecule has 1 saturated heterocycles. The number of primary amides is 1. The summed E-state index contributed by atoms with van der Waals surface area (Å²) >= 11 is 0. The molecule has 2 aromatic heterocycles. The summed E-state index contributed by atoms with van der Waals surface area (Å²) in [5, 5.41) is 1.16. The van der Waals surface area contributed by atoms with Gasteiger partial charge >= 0.3 is 0 Å². The number of anilines is 1. The van der Waals surface area contributed by atoms with Crippen molar-refractivity contribution in [2.45, 2.75) is 26.3 Å². The van der Waals surface area contributed by atoms with E-state index in [2.05, 4.69) is 34.7 Å². The normalized spacial score (nSPS) is 15.5. The number of hydrogen-bond donors (Lipinski definition) is 1. The van der Waals surface area contributed by atoms with Crippen molar-refractivity contribution in [3.63, 3.8) is 0 Å². The molecular weight excluding hydrogens is 324 g/mol. The Hall–Kier alpha value is -2.82. The number of nitrogens with zero attached hydrogens (tertiary/aromatic N) is 3. The third-order valence-electron chi connectivity index (χ3n) is 5.33. The van der Waals surface area contributed by atoms with Gasteiger partial charge in [0.05, 0.1) is 11.9 Å². The van der Waals surface area contributed by atoms with Gasteiger partial charge < -0.3 is 15.2 Å². The summed E-state index contributed by atoms with van der Waals surface area (Å²) in [7, 11) is 0. The van der Waals surface area contributed by atoms with Crippen molar-refractivity contribution in [1.29, 1.82) is 0 Å². The molecule has 1 aliphatic heterocycles. The van der Waals surface area contributed by atoms with Crippen LogP contribution in [-0.2, 0) is 6.54 Å². The van der Waals surface area contributed by atoms with E-state index in [0.29, 0.717) is 5.56 Å². The molecule has 5 heteroatoms. The van der Waals surface area contributed by atoms with E-state index in [9.17, 15) is 4.79 Å². The maximum absolute atomic E-state index is 11.2. The highest BCUT2D eigenvalue weighted by Crippen LogP contribution is 2.26. The minimum atomic E-state index is -0.399. The highest BCUT2D eigenvalue weighted by atomic mass is 16.1. The van der Waals surface area contributed by atoms with Crippen LogP contribution in [0.1, 0.15) is 35.7 Å². The number of piperidine rings is 1. The molecule has 0 unspecified atom stereocenters. The van der Waals surface area contributed by atoms with Crippen LogP contribution < -0.4 is 10.6 Å². The molecule has 0 aliphatic carbocycles. The second-order valence-electron chi connectivity index (χ2n) is 7.28. The fourth-order valence-corrected chi connectivity index (χ4v) is 3.60. The number of nitrogens with two attached hydrogens (primary N) is 1. The Kier molecular flexibility index (Phi) is 4.37. The molecule has 134 valence electrons. The molecule has 5 nitrogen and oxygen atoms in total. The molecule has 0 spiro atoms. The van der Waals surface area contributed by atoms with Gasteiger partial charge in [0.15, 0.2) is 0 Å². The molecule has 1 aromatic carbocycles. The van der Waals surface area contributed by atoms with Crippen molar-refractivity contribution in [2.75, 3.05) is 18.0 Å². The third-order valence-corrected chi connectivity index (χ3v) is 5.33. The highest BCUT2D eigenvalue weighted by Gasteiger charge is 2.17. The van der Waals surface area contributed by atoms with Crippen LogP contribution >= 0.6 is 0 Å². The van der Waals surface area contributed by atoms with Crippen molar-refractivity contribution < 1.29 is 4.79 Å². The zero-order valence-corrected chi connectivity index (χ0v) is 15.1. The first-order chi connectivity index (χ1) is 12.6. The zero-order chi connectivity index (χ0) is 18.1. The number of hydrogen-bond acceptors (Lipinski definition) is 3. The van der Waals surface area contributed by atoms with E-state index in [1.807, 2.05) is 18.3 Å². The zero-order valence-electron chi connectivity index (χ0n) is 15.1. The maximum Gasteiger partial charge on any atom is 0.248 e. The van der Waals surface area contributed by atoms with Crippen molar-refractivity contribution >= 4 is 22.6 Å².